The summed E-state index contributed by atoms with van der Waals surface area (Å²) in [6.45, 7) is 2.71. The third-order valence-electron chi connectivity index (χ3n) is 4.37. The third kappa shape index (κ3) is 5.48. The summed E-state index contributed by atoms with van der Waals surface area (Å²) in [5.74, 6) is -1.36. The van der Waals surface area contributed by atoms with Gasteiger partial charge in [-0.1, -0.05) is 6.07 Å². The number of hydrogen-bond acceptors (Lipinski definition) is 3. The first-order chi connectivity index (χ1) is 12.6. The van der Waals surface area contributed by atoms with Gasteiger partial charge in [0.25, 0.3) is 0 Å². The lowest BCUT2D eigenvalue weighted by Gasteiger charge is -2.32. The number of halogens is 4. The van der Waals surface area contributed by atoms with Crippen LogP contribution in [0, 0.1) is 5.82 Å². The van der Waals surface area contributed by atoms with E-state index in [1.807, 2.05) is 24.1 Å². The van der Waals surface area contributed by atoms with E-state index in [1.54, 1.807) is 18.1 Å². The van der Waals surface area contributed by atoms with Gasteiger partial charge in [-0.05, 0) is 36.3 Å². The minimum atomic E-state index is -4.71. The average molecular weight is 385 g/mol. The molecule has 1 aromatic carbocycles. The number of carbonyl (C=O) groups is 1. The Bertz CT molecular complexity index is 743. The van der Waals surface area contributed by atoms with Gasteiger partial charge in [0.2, 0.25) is 5.91 Å². The molecule has 148 valence electrons. The number of rotatable bonds is 6. The highest BCUT2D eigenvalue weighted by Crippen LogP contribution is 2.34. The second kappa shape index (κ2) is 8.45. The molecular weight excluding hydrogens is 362 g/mol. The molecule has 0 aliphatic carbocycles. The van der Waals surface area contributed by atoms with Crippen LogP contribution in [-0.4, -0.2) is 42.9 Å². The lowest BCUT2D eigenvalue weighted by atomic mass is 10.00. The highest BCUT2D eigenvalue weighted by atomic mass is 19.4. The molecule has 1 aliphatic rings. The van der Waals surface area contributed by atoms with Crippen LogP contribution in [0.25, 0.3) is 0 Å². The smallest absolute Gasteiger partial charge is 0.375 e. The summed E-state index contributed by atoms with van der Waals surface area (Å²) in [4.78, 5) is 14.7. The Labute approximate surface area is 156 Å². The topological polar surface area (TPSA) is 35.6 Å². The van der Waals surface area contributed by atoms with Gasteiger partial charge in [-0.15, -0.1) is 0 Å². The Kier molecular flexibility index (Phi) is 6.51. The molecule has 0 bridgehead atoms. The van der Waals surface area contributed by atoms with Gasteiger partial charge in [-0.2, -0.15) is 13.2 Å². The van der Waals surface area contributed by atoms with Crippen molar-refractivity contribution in [2.45, 2.75) is 25.6 Å². The number of allylic oxidation sites excluding steroid dienone is 1. The van der Waals surface area contributed by atoms with Gasteiger partial charge in [0.05, 0.1) is 11.6 Å². The summed E-state index contributed by atoms with van der Waals surface area (Å²) in [5.41, 5.74) is 0.0530. The first kappa shape index (κ1) is 20.8. The van der Waals surface area contributed by atoms with Crippen LogP contribution in [0.4, 0.5) is 17.6 Å². The first-order valence-corrected chi connectivity index (χ1v) is 8.53. The van der Waals surface area contributed by atoms with E-state index >= 15 is 0 Å². The quantitative estimate of drug-likeness (QED) is 0.599. The predicted molar refractivity (Wildman–Crippen MR) is 95.1 cm³/mol. The summed E-state index contributed by atoms with van der Waals surface area (Å²) in [6.07, 6.45) is 1.60. The van der Waals surface area contributed by atoms with Crippen molar-refractivity contribution >= 4 is 5.91 Å². The van der Waals surface area contributed by atoms with Crippen molar-refractivity contribution in [3.63, 3.8) is 0 Å². The van der Waals surface area contributed by atoms with Gasteiger partial charge in [0, 0.05) is 46.0 Å². The molecule has 1 amide bonds. The highest BCUT2D eigenvalue weighted by Gasteiger charge is 2.34. The largest absolute Gasteiger partial charge is 0.419 e. The van der Waals surface area contributed by atoms with Gasteiger partial charge in [-0.25, -0.2) is 4.39 Å². The van der Waals surface area contributed by atoms with Crippen LogP contribution in [0.5, 0.6) is 0 Å². The number of carbonyl (C=O) groups excluding carboxylic acids is 1. The molecule has 1 unspecified atom stereocenters. The molecule has 8 heteroatoms. The van der Waals surface area contributed by atoms with E-state index in [2.05, 4.69) is 5.32 Å². The summed E-state index contributed by atoms with van der Waals surface area (Å²) >= 11 is 0. The normalized spacial score (nSPS) is 16.9. The van der Waals surface area contributed by atoms with Crippen molar-refractivity contribution in [3.8, 4) is 0 Å². The number of nitrogens with one attached hydrogen (secondary N) is 1. The Balaban J connectivity index is 2.13. The maximum Gasteiger partial charge on any atom is 0.419 e. The lowest BCUT2D eigenvalue weighted by Crippen LogP contribution is -2.28. The molecule has 0 radical (unpaired) electrons. The number of benzene rings is 1. The van der Waals surface area contributed by atoms with E-state index in [9.17, 15) is 22.4 Å². The SMILES string of the molecule is CC(=O)NCCCN(C)C1=CC(c2ccc(C(F)(F)F)c(F)c2)N(C)C=C1. The zero-order valence-corrected chi connectivity index (χ0v) is 15.5. The standard InChI is InChI=1S/C19H23F4N3O/c1-13(27)24-8-4-9-25(2)15-7-10-26(3)18(12-15)14-5-6-16(17(20)11-14)19(21,22)23/h5-7,10-12,18H,4,8-9H2,1-3H3,(H,24,27). The first-order valence-electron chi connectivity index (χ1n) is 8.53. The summed E-state index contributed by atoms with van der Waals surface area (Å²) in [5, 5.41) is 2.72. The maximum atomic E-state index is 13.9. The number of amides is 1. The van der Waals surface area contributed by atoms with Crippen molar-refractivity contribution in [1.29, 1.82) is 0 Å². The molecule has 27 heavy (non-hydrogen) atoms. The lowest BCUT2D eigenvalue weighted by molar-refractivity contribution is -0.140. The van der Waals surface area contributed by atoms with E-state index in [0.717, 1.165) is 24.3 Å². The van der Waals surface area contributed by atoms with E-state index in [4.69, 9.17) is 0 Å². The van der Waals surface area contributed by atoms with E-state index in [1.165, 1.54) is 13.0 Å². The summed E-state index contributed by atoms with van der Waals surface area (Å²) in [7, 11) is 3.67. The molecule has 1 atom stereocenters. The Morgan fingerprint density at radius 1 is 1.33 bits per heavy atom. The fourth-order valence-electron chi connectivity index (χ4n) is 2.86. The van der Waals surface area contributed by atoms with Crippen LogP contribution in [0.1, 0.15) is 30.5 Å². The monoisotopic (exact) mass is 385 g/mol. The maximum absolute atomic E-state index is 13.9. The number of likely N-dealkylation sites (N-methyl/N-ethyl adjacent to an activating group) is 2. The minimum absolute atomic E-state index is 0.0829. The van der Waals surface area contributed by atoms with Crippen molar-refractivity contribution in [2.75, 3.05) is 27.2 Å². The van der Waals surface area contributed by atoms with Crippen molar-refractivity contribution < 1.29 is 22.4 Å². The zero-order valence-electron chi connectivity index (χ0n) is 15.5. The number of alkyl halides is 3. The Morgan fingerprint density at radius 3 is 2.63 bits per heavy atom. The van der Waals surface area contributed by atoms with Crippen molar-refractivity contribution in [2.24, 2.45) is 0 Å². The fourth-order valence-corrected chi connectivity index (χ4v) is 2.86. The van der Waals surface area contributed by atoms with E-state index in [0.29, 0.717) is 18.7 Å². The molecule has 0 spiro atoms. The predicted octanol–water partition coefficient (Wildman–Crippen LogP) is 3.69. The van der Waals surface area contributed by atoms with Gasteiger partial charge in [-0.3, -0.25) is 4.79 Å². The summed E-state index contributed by atoms with van der Waals surface area (Å²) in [6, 6.07) is 2.65. The van der Waals surface area contributed by atoms with Gasteiger partial charge >= 0.3 is 6.18 Å². The molecule has 1 N–H and O–H groups in total. The van der Waals surface area contributed by atoms with Gasteiger partial charge in [0.1, 0.15) is 5.82 Å². The molecular formula is C19H23F4N3O. The molecule has 1 aromatic rings. The molecule has 0 saturated heterocycles. The fraction of sp³-hybridized carbons (Fsp3) is 0.421. The Morgan fingerprint density at radius 2 is 2.04 bits per heavy atom. The number of hydrogen-bond donors (Lipinski definition) is 1. The average Bonchev–Trinajstić information content (AvgIpc) is 2.57. The van der Waals surface area contributed by atoms with Crippen LogP contribution in [-0.2, 0) is 11.0 Å². The van der Waals surface area contributed by atoms with E-state index < -0.39 is 17.6 Å². The molecule has 1 heterocycles. The van der Waals surface area contributed by atoms with Crippen LogP contribution < -0.4 is 5.32 Å². The zero-order chi connectivity index (χ0) is 20.2. The highest BCUT2D eigenvalue weighted by molar-refractivity contribution is 5.72. The van der Waals surface area contributed by atoms with Crippen LogP contribution in [0.3, 0.4) is 0 Å². The molecule has 1 aliphatic heterocycles. The minimum Gasteiger partial charge on any atom is -0.375 e. The second-order valence-electron chi connectivity index (χ2n) is 6.51. The van der Waals surface area contributed by atoms with Gasteiger partial charge in [0.15, 0.2) is 0 Å². The molecule has 0 saturated carbocycles. The van der Waals surface area contributed by atoms with Gasteiger partial charge < -0.3 is 15.1 Å². The van der Waals surface area contributed by atoms with Crippen LogP contribution >= 0.6 is 0 Å². The van der Waals surface area contributed by atoms with Crippen LogP contribution in [0.15, 0.2) is 42.2 Å². The molecule has 0 fully saturated rings. The van der Waals surface area contributed by atoms with Crippen LogP contribution in [0.2, 0.25) is 0 Å². The van der Waals surface area contributed by atoms with Crippen molar-refractivity contribution in [3.05, 3.63) is 59.2 Å². The molecule has 4 nitrogen and oxygen atoms in total. The number of nitrogens with zero attached hydrogens (tertiary/aromatic N) is 2. The Hall–Kier alpha value is -2.51. The van der Waals surface area contributed by atoms with Crippen molar-refractivity contribution in [1.82, 2.24) is 15.1 Å². The summed E-state index contributed by atoms with van der Waals surface area (Å²) < 4.78 is 52.2. The third-order valence-corrected chi connectivity index (χ3v) is 4.37. The molecule has 0 aromatic heterocycles. The molecule has 2 rings (SSSR count). The second-order valence-corrected chi connectivity index (χ2v) is 6.51. The van der Waals surface area contributed by atoms with E-state index in [-0.39, 0.29) is 11.9 Å².